The van der Waals surface area contributed by atoms with Crippen LogP contribution in [0.5, 0.6) is 0 Å². The highest BCUT2D eigenvalue weighted by Crippen LogP contribution is 2.29. The largest absolute Gasteiger partial charge is 0.398 e. The monoisotopic (exact) mass is 273 g/mol. The van der Waals surface area contributed by atoms with Gasteiger partial charge in [-0.2, -0.15) is 0 Å². The Morgan fingerprint density at radius 3 is 2.60 bits per heavy atom. The van der Waals surface area contributed by atoms with E-state index in [9.17, 15) is 4.79 Å². The molecule has 4 heteroatoms. The molecule has 0 unspecified atom stereocenters. The third-order valence-corrected chi connectivity index (χ3v) is 4.29. The number of nitrogens with zero attached hydrogens (tertiary/aromatic N) is 2. The summed E-state index contributed by atoms with van der Waals surface area (Å²) in [5.74, 6) is 0.281. The number of anilines is 1. The van der Waals surface area contributed by atoms with Gasteiger partial charge < -0.3 is 10.6 Å². The molecule has 0 aromatic heterocycles. The zero-order chi connectivity index (χ0) is 13.9. The van der Waals surface area contributed by atoms with Crippen LogP contribution >= 0.6 is 0 Å². The second-order valence-electron chi connectivity index (χ2n) is 5.92. The Hall–Kier alpha value is -1.55. The summed E-state index contributed by atoms with van der Waals surface area (Å²) < 4.78 is 0. The molecular weight excluding hydrogens is 250 g/mol. The van der Waals surface area contributed by atoms with E-state index in [1.54, 1.807) is 0 Å². The number of hydrogen-bond acceptors (Lipinski definition) is 3. The fraction of sp³-hybridized carbons (Fsp3) is 0.562. The molecule has 1 heterocycles. The molecule has 1 aliphatic carbocycles. The van der Waals surface area contributed by atoms with Crippen LogP contribution in [-0.4, -0.2) is 41.4 Å². The second-order valence-corrected chi connectivity index (χ2v) is 5.92. The predicted octanol–water partition coefficient (Wildman–Crippen LogP) is 1.86. The van der Waals surface area contributed by atoms with Crippen molar-refractivity contribution in [2.24, 2.45) is 0 Å². The molecule has 2 fully saturated rings. The predicted molar refractivity (Wildman–Crippen MR) is 80.1 cm³/mol. The number of nitrogens with two attached hydrogens (primary N) is 1. The van der Waals surface area contributed by atoms with Crippen molar-refractivity contribution in [1.82, 2.24) is 9.80 Å². The van der Waals surface area contributed by atoms with Crippen molar-refractivity contribution in [3.05, 3.63) is 29.8 Å². The summed E-state index contributed by atoms with van der Waals surface area (Å²) in [6.45, 7) is 3.20. The van der Waals surface area contributed by atoms with E-state index < -0.39 is 0 Å². The molecule has 1 saturated heterocycles. The first kappa shape index (κ1) is 13.4. The molecule has 1 aromatic rings. The SMILES string of the molecule is Nc1ccccc1CN(CC(=O)N1CCCC1)C1CC1. The van der Waals surface area contributed by atoms with Gasteiger partial charge >= 0.3 is 0 Å². The van der Waals surface area contributed by atoms with Crippen molar-refractivity contribution >= 4 is 11.6 Å². The lowest BCUT2D eigenvalue weighted by atomic mass is 10.1. The second kappa shape index (κ2) is 5.83. The Bertz CT molecular complexity index is 478. The normalized spacial score (nSPS) is 18.8. The maximum Gasteiger partial charge on any atom is 0.236 e. The highest BCUT2D eigenvalue weighted by molar-refractivity contribution is 5.78. The zero-order valence-corrected chi connectivity index (χ0v) is 11.9. The van der Waals surface area contributed by atoms with Gasteiger partial charge in [0.1, 0.15) is 0 Å². The van der Waals surface area contributed by atoms with E-state index in [4.69, 9.17) is 5.73 Å². The van der Waals surface area contributed by atoms with Gasteiger partial charge in [0.25, 0.3) is 0 Å². The van der Waals surface area contributed by atoms with Gasteiger partial charge in [0.15, 0.2) is 0 Å². The molecule has 1 aliphatic heterocycles. The molecule has 0 spiro atoms. The molecule has 0 atom stereocenters. The highest BCUT2D eigenvalue weighted by atomic mass is 16.2. The molecule has 0 bridgehead atoms. The van der Waals surface area contributed by atoms with Crippen molar-refractivity contribution in [2.75, 3.05) is 25.4 Å². The van der Waals surface area contributed by atoms with Crippen LogP contribution in [0.15, 0.2) is 24.3 Å². The quantitative estimate of drug-likeness (QED) is 0.833. The summed E-state index contributed by atoms with van der Waals surface area (Å²) in [6, 6.07) is 8.53. The van der Waals surface area contributed by atoms with Crippen LogP contribution in [0.3, 0.4) is 0 Å². The van der Waals surface area contributed by atoms with E-state index in [0.29, 0.717) is 12.6 Å². The smallest absolute Gasteiger partial charge is 0.236 e. The van der Waals surface area contributed by atoms with Gasteiger partial charge in [-0.05, 0) is 37.3 Å². The van der Waals surface area contributed by atoms with Crippen LogP contribution in [0.25, 0.3) is 0 Å². The average Bonchev–Trinajstić information content (AvgIpc) is 3.14. The summed E-state index contributed by atoms with van der Waals surface area (Å²) in [5.41, 5.74) is 7.98. The Morgan fingerprint density at radius 2 is 1.95 bits per heavy atom. The minimum Gasteiger partial charge on any atom is -0.398 e. The maximum atomic E-state index is 12.3. The first-order valence-electron chi connectivity index (χ1n) is 7.59. The maximum absolute atomic E-state index is 12.3. The molecule has 1 aromatic carbocycles. The van der Waals surface area contributed by atoms with E-state index in [-0.39, 0.29) is 5.91 Å². The van der Waals surface area contributed by atoms with E-state index in [2.05, 4.69) is 11.0 Å². The number of carbonyl (C=O) groups excluding carboxylic acids is 1. The first-order valence-corrected chi connectivity index (χ1v) is 7.59. The lowest BCUT2D eigenvalue weighted by Gasteiger charge is -2.25. The Morgan fingerprint density at radius 1 is 1.25 bits per heavy atom. The van der Waals surface area contributed by atoms with Crippen molar-refractivity contribution in [3.63, 3.8) is 0 Å². The molecule has 3 rings (SSSR count). The average molecular weight is 273 g/mol. The minimum absolute atomic E-state index is 0.281. The number of para-hydroxylation sites is 1. The summed E-state index contributed by atoms with van der Waals surface area (Å²) in [7, 11) is 0. The van der Waals surface area contributed by atoms with E-state index in [0.717, 1.165) is 43.7 Å². The van der Waals surface area contributed by atoms with Gasteiger partial charge in [-0.1, -0.05) is 18.2 Å². The Labute approximate surface area is 120 Å². The fourth-order valence-corrected chi connectivity index (χ4v) is 2.89. The number of nitrogen functional groups attached to an aromatic ring is 1. The van der Waals surface area contributed by atoms with Gasteiger partial charge in [0.2, 0.25) is 5.91 Å². The van der Waals surface area contributed by atoms with Gasteiger partial charge in [0, 0.05) is 31.4 Å². The summed E-state index contributed by atoms with van der Waals surface area (Å²) in [5, 5.41) is 0. The van der Waals surface area contributed by atoms with Crippen LogP contribution in [0, 0.1) is 0 Å². The molecule has 0 radical (unpaired) electrons. The zero-order valence-electron chi connectivity index (χ0n) is 11.9. The van der Waals surface area contributed by atoms with Crippen molar-refractivity contribution in [1.29, 1.82) is 0 Å². The number of carbonyl (C=O) groups is 1. The number of likely N-dealkylation sites (tertiary alicyclic amines) is 1. The van der Waals surface area contributed by atoms with Crippen molar-refractivity contribution in [3.8, 4) is 0 Å². The van der Waals surface area contributed by atoms with Gasteiger partial charge in [-0.15, -0.1) is 0 Å². The molecular formula is C16H23N3O. The summed E-state index contributed by atoms with van der Waals surface area (Å²) in [6.07, 6.45) is 4.72. The molecule has 2 N–H and O–H groups in total. The standard InChI is InChI=1S/C16H23N3O/c17-15-6-2-1-5-13(15)11-19(14-7-8-14)12-16(20)18-9-3-4-10-18/h1-2,5-6,14H,3-4,7-12,17H2. The van der Waals surface area contributed by atoms with Gasteiger partial charge in [-0.3, -0.25) is 9.69 Å². The topological polar surface area (TPSA) is 49.6 Å². The number of amides is 1. The van der Waals surface area contributed by atoms with Gasteiger partial charge in [-0.25, -0.2) is 0 Å². The lowest BCUT2D eigenvalue weighted by molar-refractivity contribution is -0.131. The first-order chi connectivity index (χ1) is 9.74. The molecule has 20 heavy (non-hydrogen) atoms. The van der Waals surface area contributed by atoms with Crippen LogP contribution in [0.2, 0.25) is 0 Å². The highest BCUT2D eigenvalue weighted by Gasteiger charge is 2.32. The summed E-state index contributed by atoms with van der Waals surface area (Å²) >= 11 is 0. The van der Waals surface area contributed by atoms with Crippen LogP contribution < -0.4 is 5.73 Å². The van der Waals surface area contributed by atoms with E-state index >= 15 is 0 Å². The van der Waals surface area contributed by atoms with Crippen molar-refractivity contribution < 1.29 is 4.79 Å². The van der Waals surface area contributed by atoms with Crippen LogP contribution in [0.1, 0.15) is 31.2 Å². The van der Waals surface area contributed by atoms with Crippen molar-refractivity contribution in [2.45, 2.75) is 38.3 Å². The molecule has 1 amide bonds. The molecule has 4 nitrogen and oxygen atoms in total. The molecule has 108 valence electrons. The minimum atomic E-state index is 0.281. The summed E-state index contributed by atoms with van der Waals surface area (Å²) in [4.78, 5) is 16.6. The van der Waals surface area contributed by atoms with Crippen LogP contribution in [-0.2, 0) is 11.3 Å². The number of rotatable bonds is 5. The van der Waals surface area contributed by atoms with E-state index in [1.807, 2.05) is 23.1 Å². The fourth-order valence-electron chi connectivity index (χ4n) is 2.89. The molecule has 1 saturated carbocycles. The molecule has 2 aliphatic rings. The Balaban J connectivity index is 1.64. The van der Waals surface area contributed by atoms with Gasteiger partial charge in [0.05, 0.1) is 6.54 Å². The number of benzene rings is 1. The third kappa shape index (κ3) is 3.12. The number of hydrogen-bond donors (Lipinski definition) is 1. The van der Waals surface area contributed by atoms with E-state index in [1.165, 1.54) is 12.8 Å². The third-order valence-electron chi connectivity index (χ3n) is 4.29. The lowest BCUT2D eigenvalue weighted by Crippen LogP contribution is -2.39. The van der Waals surface area contributed by atoms with Crippen LogP contribution in [0.4, 0.5) is 5.69 Å². The Kier molecular flexibility index (Phi) is 3.92.